The molecule has 1 aliphatic rings. The van der Waals surface area contributed by atoms with Crippen molar-refractivity contribution in [3.05, 3.63) is 0 Å². The standard InChI is InChI=1S/C5H15ClN2Si2/c1-5(2,3)8-9-7-10(8,4)6/h7H,9H2,1-4H3. The molecule has 5 heteroatoms. The Kier molecular flexibility index (Phi) is 2.02. The van der Waals surface area contributed by atoms with Crippen LogP contribution in [0.2, 0.25) is 6.55 Å². The zero-order chi connectivity index (χ0) is 7.99. The molecule has 0 bridgehead atoms. The van der Waals surface area contributed by atoms with Crippen LogP contribution in [-0.2, 0) is 0 Å². The third-order valence-electron chi connectivity index (χ3n) is 1.88. The maximum atomic E-state index is 6.24. The van der Waals surface area contributed by atoms with Gasteiger partial charge in [-0.05, 0) is 27.3 Å². The monoisotopic (exact) mass is 194 g/mol. The zero-order valence-corrected chi connectivity index (χ0v) is 10.2. The van der Waals surface area contributed by atoms with E-state index in [1.54, 1.807) is 0 Å². The molecular weight excluding hydrogens is 180 g/mol. The molecule has 1 heterocycles. The van der Waals surface area contributed by atoms with Gasteiger partial charge in [-0.15, -0.1) is 11.1 Å². The molecule has 0 spiro atoms. The van der Waals surface area contributed by atoms with Crippen molar-refractivity contribution in [3.63, 3.8) is 0 Å². The van der Waals surface area contributed by atoms with Crippen LogP contribution in [0.3, 0.4) is 0 Å². The molecule has 0 aliphatic carbocycles. The lowest BCUT2D eigenvalue weighted by Gasteiger charge is -2.52. The van der Waals surface area contributed by atoms with Crippen LogP contribution in [0.5, 0.6) is 0 Å². The first-order valence-electron chi connectivity index (χ1n) is 3.56. The summed E-state index contributed by atoms with van der Waals surface area (Å²) >= 11 is 6.24. The van der Waals surface area contributed by atoms with Crippen LogP contribution in [0.4, 0.5) is 0 Å². The summed E-state index contributed by atoms with van der Waals surface area (Å²) in [5.74, 6) is 0. The van der Waals surface area contributed by atoms with Crippen molar-refractivity contribution in [2.45, 2.75) is 32.9 Å². The summed E-state index contributed by atoms with van der Waals surface area (Å²) in [6.07, 6.45) is 0. The van der Waals surface area contributed by atoms with Gasteiger partial charge in [0.05, 0.1) is 0 Å². The summed E-state index contributed by atoms with van der Waals surface area (Å²) in [6, 6.07) is 0. The van der Waals surface area contributed by atoms with Crippen LogP contribution in [0.1, 0.15) is 20.8 Å². The summed E-state index contributed by atoms with van der Waals surface area (Å²) in [6.45, 7) is 8.84. The molecule has 60 valence electrons. The first-order chi connectivity index (χ1) is 4.34. The molecule has 10 heavy (non-hydrogen) atoms. The fraction of sp³-hybridized carbons (Fsp3) is 1.00. The van der Waals surface area contributed by atoms with Gasteiger partial charge in [0.15, 0.2) is 9.84 Å². The number of rotatable bonds is 0. The molecule has 1 aliphatic heterocycles. The zero-order valence-electron chi connectivity index (χ0n) is 7.03. The van der Waals surface area contributed by atoms with Gasteiger partial charge in [-0.1, -0.05) is 0 Å². The van der Waals surface area contributed by atoms with E-state index in [1.807, 2.05) is 0 Å². The highest BCUT2D eigenvalue weighted by Crippen LogP contribution is 2.26. The molecule has 0 aromatic heterocycles. The van der Waals surface area contributed by atoms with Crippen molar-refractivity contribution in [2.24, 2.45) is 0 Å². The topological polar surface area (TPSA) is 15.3 Å². The average molecular weight is 195 g/mol. The molecule has 0 saturated carbocycles. The number of hydrogen-bond donors (Lipinski definition) is 1. The maximum Gasteiger partial charge on any atom is 0.290 e. The van der Waals surface area contributed by atoms with Crippen LogP contribution in [0.25, 0.3) is 0 Å². The molecule has 1 unspecified atom stereocenters. The smallest absolute Gasteiger partial charge is 0.290 e. The fourth-order valence-electron chi connectivity index (χ4n) is 1.24. The fourth-order valence-corrected chi connectivity index (χ4v) is 7.82. The second kappa shape index (κ2) is 2.31. The molecule has 0 radical (unpaired) electrons. The van der Waals surface area contributed by atoms with Gasteiger partial charge >= 0.3 is 0 Å². The van der Waals surface area contributed by atoms with Crippen molar-refractivity contribution in [1.82, 2.24) is 8.88 Å². The Balaban J connectivity index is 2.60. The predicted molar refractivity (Wildman–Crippen MR) is 50.7 cm³/mol. The Morgan fingerprint density at radius 3 is 2.00 bits per heavy atom. The second-order valence-electron chi connectivity index (χ2n) is 3.89. The number of nitrogens with zero attached hydrogens (tertiary/aromatic N) is 1. The SMILES string of the molecule is CC(C)(C)N1[SiH2]N[Si]1(C)Cl. The number of halogens is 1. The largest absolute Gasteiger partial charge is 0.329 e. The van der Waals surface area contributed by atoms with Gasteiger partial charge in [0.2, 0.25) is 0 Å². The highest BCUT2D eigenvalue weighted by molar-refractivity contribution is 7.23. The van der Waals surface area contributed by atoms with E-state index in [1.165, 1.54) is 0 Å². The lowest BCUT2D eigenvalue weighted by molar-refractivity contribution is 0.343. The van der Waals surface area contributed by atoms with Crippen LogP contribution >= 0.6 is 11.1 Å². The molecule has 1 atom stereocenters. The van der Waals surface area contributed by atoms with Crippen molar-refractivity contribution < 1.29 is 0 Å². The van der Waals surface area contributed by atoms with Gasteiger partial charge in [0.25, 0.3) is 7.71 Å². The third kappa shape index (κ3) is 1.45. The average Bonchev–Trinajstić information content (AvgIpc) is 1.58. The summed E-state index contributed by atoms with van der Waals surface area (Å²) in [5, 5.41) is 0. The van der Waals surface area contributed by atoms with Crippen LogP contribution in [0, 0.1) is 0 Å². The van der Waals surface area contributed by atoms with Crippen molar-refractivity contribution in [1.29, 1.82) is 0 Å². The maximum absolute atomic E-state index is 6.24. The van der Waals surface area contributed by atoms with E-state index in [0.717, 1.165) is 0 Å². The molecule has 1 N–H and O–H groups in total. The van der Waals surface area contributed by atoms with E-state index in [-0.39, 0.29) is 9.84 Å². The lowest BCUT2D eigenvalue weighted by atomic mass is 10.1. The van der Waals surface area contributed by atoms with Crippen molar-refractivity contribution in [3.8, 4) is 0 Å². The summed E-state index contributed by atoms with van der Waals surface area (Å²) < 4.78 is 5.90. The molecular formula is C5H15ClN2Si2. The van der Waals surface area contributed by atoms with Gasteiger partial charge in [-0.25, -0.2) is 0 Å². The molecule has 1 saturated heterocycles. The Bertz CT molecular complexity index is 133. The molecule has 0 aromatic rings. The Morgan fingerprint density at radius 1 is 1.50 bits per heavy atom. The quantitative estimate of drug-likeness (QED) is 0.447. The minimum atomic E-state index is -1.60. The van der Waals surface area contributed by atoms with Crippen LogP contribution in [-0.4, -0.2) is 27.3 Å². The Hall–Kier alpha value is 0.644. The van der Waals surface area contributed by atoms with Crippen LogP contribution in [0.15, 0.2) is 0 Å². The van der Waals surface area contributed by atoms with Gasteiger partial charge in [0.1, 0.15) is 0 Å². The molecule has 1 rings (SSSR count). The Labute approximate surface area is 70.8 Å². The summed E-state index contributed by atoms with van der Waals surface area (Å²) in [4.78, 5) is 0. The van der Waals surface area contributed by atoms with Gasteiger partial charge in [-0.2, -0.15) is 0 Å². The highest BCUT2D eigenvalue weighted by Gasteiger charge is 2.47. The molecule has 0 amide bonds. The van der Waals surface area contributed by atoms with Gasteiger partial charge in [0, 0.05) is 5.54 Å². The summed E-state index contributed by atoms with van der Waals surface area (Å²) in [7, 11) is -1.77. The Morgan fingerprint density at radius 2 is 2.00 bits per heavy atom. The van der Waals surface area contributed by atoms with E-state index >= 15 is 0 Å². The van der Waals surface area contributed by atoms with Gasteiger partial charge in [-0.3, -0.25) is 0 Å². The number of hydrogen-bond acceptors (Lipinski definition) is 2. The molecule has 0 aromatic carbocycles. The lowest BCUT2D eigenvalue weighted by Crippen LogP contribution is -2.79. The van der Waals surface area contributed by atoms with Gasteiger partial charge < -0.3 is 8.88 Å². The van der Waals surface area contributed by atoms with Crippen LogP contribution < -0.4 is 4.65 Å². The van der Waals surface area contributed by atoms with Crippen molar-refractivity contribution in [2.75, 3.05) is 0 Å². The normalized spacial score (nSPS) is 38.1. The predicted octanol–water partition coefficient (Wildman–Crippen LogP) is 0.496. The molecule has 1 fully saturated rings. The second-order valence-corrected chi connectivity index (χ2v) is 11.5. The van der Waals surface area contributed by atoms with E-state index in [4.69, 9.17) is 11.1 Å². The van der Waals surface area contributed by atoms with Crippen molar-refractivity contribution >= 4 is 28.6 Å². The van der Waals surface area contributed by atoms with E-state index < -0.39 is 7.71 Å². The highest BCUT2D eigenvalue weighted by atomic mass is 35.6. The number of nitrogens with one attached hydrogen (secondary N) is 1. The third-order valence-corrected chi connectivity index (χ3v) is 12.8. The van der Waals surface area contributed by atoms with E-state index in [0.29, 0.717) is 5.54 Å². The first kappa shape index (κ1) is 8.74. The molecule has 2 nitrogen and oxygen atoms in total. The minimum absolute atomic E-state index is 0.176. The van der Waals surface area contributed by atoms with E-state index in [9.17, 15) is 0 Å². The summed E-state index contributed by atoms with van der Waals surface area (Å²) in [5.41, 5.74) is 0.292. The minimum Gasteiger partial charge on any atom is -0.329 e. The van der Waals surface area contributed by atoms with E-state index in [2.05, 4.69) is 36.2 Å². The first-order valence-corrected chi connectivity index (χ1v) is 8.35.